The third-order valence-corrected chi connectivity index (χ3v) is 7.52. The Hall–Kier alpha value is -1.88. The van der Waals surface area contributed by atoms with Crippen molar-refractivity contribution in [3.63, 3.8) is 0 Å². The number of nitrogens with one attached hydrogen (secondary N) is 1. The number of fused-ring (bicyclic) bond motifs is 1. The van der Waals surface area contributed by atoms with E-state index in [0.717, 1.165) is 49.8 Å². The average molecular weight is 399 g/mol. The zero-order chi connectivity index (χ0) is 19.4. The van der Waals surface area contributed by atoms with Gasteiger partial charge in [-0.15, -0.1) is 11.3 Å². The van der Waals surface area contributed by atoms with Gasteiger partial charge in [-0.2, -0.15) is 0 Å². The first-order valence-corrected chi connectivity index (χ1v) is 11.4. The quantitative estimate of drug-likeness (QED) is 0.774. The lowest BCUT2D eigenvalue weighted by atomic mass is 9.68. The number of aromatic nitrogens is 1. The number of hydrogen-bond donors (Lipinski definition) is 1. The fraction of sp³-hybridized carbons (Fsp3) is 0.565. The standard InChI is InChI=1S/C23H30N2O2S/c1-27-18-11-9-17(10-12-18)23(14-5-2-6-15-23)22(26)24-16-13-21-25-19-7-3-4-8-20(19)28-21/h9-12H,2-8,13-16H2,1H3,(H,24,26). The number of benzene rings is 1. The average Bonchev–Trinajstić information content (AvgIpc) is 3.17. The number of hydrogen-bond acceptors (Lipinski definition) is 4. The maximum atomic E-state index is 13.3. The van der Waals surface area contributed by atoms with Crippen LogP contribution in [0.3, 0.4) is 0 Å². The van der Waals surface area contributed by atoms with Crippen molar-refractivity contribution in [1.29, 1.82) is 0 Å². The Morgan fingerprint density at radius 3 is 2.57 bits per heavy atom. The zero-order valence-electron chi connectivity index (χ0n) is 16.8. The summed E-state index contributed by atoms with van der Waals surface area (Å²) in [7, 11) is 1.68. The molecule has 1 aromatic heterocycles. The van der Waals surface area contributed by atoms with Crippen LogP contribution in [0, 0.1) is 0 Å². The predicted octanol–water partition coefficient (Wildman–Crippen LogP) is 4.59. The predicted molar refractivity (Wildman–Crippen MR) is 113 cm³/mol. The monoisotopic (exact) mass is 398 g/mol. The minimum Gasteiger partial charge on any atom is -0.497 e. The van der Waals surface area contributed by atoms with Crippen LogP contribution in [0.5, 0.6) is 5.75 Å². The lowest BCUT2D eigenvalue weighted by Crippen LogP contribution is -2.46. The molecule has 0 saturated heterocycles. The molecule has 2 aliphatic rings. The second-order valence-corrected chi connectivity index (χ2v) is 9.23. The van der Waals surface area contributed by atoms with E-state index in [-0.39, 0.29) is 5.91 Å². The lowest BCUT2D eigenvalue weighted by molar-refractivity contribution is -0.128. The second-order valence-electron chi connectivity index (χ2n) is 8.06. The van der Waals surface area contributed by atoms with Gasteiger partial charge >= 0.3 is 0 Å². The minimum atomic E-state index is -0.396. The van der Waals surface area contributed by atoms with Gasteiger partial charge in [0, 0.05) is 17.8 Å². The highest BCUT2D eigenvalue weighted by Crippen LogP contribution is 2.40. The number of carbonyl (C=O) groups is 1. The molecule has 4 rings (SSSR count). The van der Waals surface area contributed by atoms with Crippen LogP contribution < -0.4 is 10.1 Å². The van der Waals surface area contributed by atoms with E-state index in [1.807, 2.05) is 23.5 Å². The molecule has 4 nitrogen and oxygen atoms in total. The number of ether oxygens (including phenoxy) is 1. The Balaban J connectivity index is 1.43. The molecule has 0 unspecified atom stereocenters. The SMILES string of the molecule is COc1ccc(C2(C(=O)NCCc3nc4c(s3)CCCC4)CCCCC2)cc1. The van der Waals surface area contributed by atoms with Crippen molar-refractivity contribution in [2.75, 3.05) is 13.7 Å². The molecular formula is C23H30N2O2S. The van der Waals surface area contributed by atoms with Gasteiger partial charge in [0.15, 0.2) is 0 Å². The first-order chi connectivity index (χ1) is 13.7. The molecule has 0 aliphatic heterocycles. The van der Waals surface area contributed by atoms with E-state index in [0.29, 0.717) is 6.54 Å². The molecule has 1 amide bonds. The zero-order valence-corrected chi connectivity index (χ0v) is 17.6. The highest BCUT2D eigenvalue weighted by molar-refractivity contribution is 7.11. The Bertz CT molecular complexity index is 783. The second kappa shape index (κ2) is 8.64. The lowest BCUT2D eigenvalue weighted by Gasteiger charge is -2.36. The van der Waals surface area contributed by atoms with Crippen molar-refractivity contribution >= 4 is 17.2 Å². The van der Waals surface area contributed by atoms with Crippen molar-refractivity contribution in [2.24, 2.45) is 0 Å². The van der Waals surface area contributed by atoms with E-state index in [9.17, 15) is 4.79 Å². The molecule has 2 aromatic rings. The molecule has 1 heterocycles. The highest BCUT2D eigenvalue weighted by atomic mass is 32.1. The molecule has 2 aliphatic carbocycles. The summed E-state index contributed by atoms with van der Waals surface area (Å²) in [5, 5.41) is 4.42. The van der Waals surface area contributed by atoms with Crippen molar-refractivity contribution in [3.8, 4) is 5.75 Å². The Morgan fingerprint density at radius 1 is 1.11 bits per heavy atom. The molecule has 5 heteroatoms. The molecule has 1 fully saturated rings. The highest BCUT2D eigenvalue weighted by Gasteiger charge is 2.40. The summed E-state index contributed by atoms with van der Waals surface area (Å²) in [5.74, 6) is 1.02. The van der Waals surface area contributed by atoms with Gasteiger partial charge in [0.2, 0.25) is 5.91 Å². The number of nitrogens with zero attached hydrogens (tertiary/aromatic N) is 1. The number of methoxy groups -OCH3 is 1. The summed E-state index contributed by atoms with van der Waals surface area (Å²) >= 11 is 1.85. The Labute approximate surface area is 171 Å². The largest absolute Gasteiger partial charge is 0.497 e. The Kier molecular flexibility index (Phi) is 6.00. The van der Waals surface area contributed by atoms with Crippen LogP contribution in [0.25, 0.3) is 0 Å². The van der Waals surface area contributed by atoms with Gasteiger partial charge < -0.3 is 10.1 Å². The molecule has 1 saturated carbocycles. The van der Waals surface area contributed by atoms with Crippen LogP contribution >= 0.6 is 11.3 Å². The van der Waals surface area contributed by atoms with Gasteiger partial charge in [0.05, 0.1) is 23.2 Å². The summed E-state index contributed by atoms with van der Waals surface area (Å²) in [4.78, 5) is 19.6. The molecule has 0 atom stereocenters. The number of thiazole rings is 1. The molecular weight excluding hydrogens is 368 g/mol. The van der Waals surface area contributed by atoms with Crippen molar-refractivity contribution < 1.29 is 9.53 Å². The molecule has 0 radical (unpaired) electrons. The van der Waals surface area contributed by atoms with E-state index < -0.39 is 5.41 Å². The molecule has 28 heavy (non-hydrogen) atoms. The first kappa shape index (κ1) is 19.4. The van der Waals surface area contributed by atoms with Crippen molar-refractivity contribution in [3.05, 3.63) is 45.4 Å². The number of carbonyl (C=O) groups excluding carboxylic acids is 1. The maximum Gasteiger partial charge on any atom is 0.230 e. The van der Waals surface area contributed by atoms with Crippen LogP contribution in [-0.4, -0.2) is 24.5 Å². The molecule has 1 aromatic carbocycles. The van der Waals surface area contributed by atoms with E-state index in [4.69, 9.17) is 9.72 Å². The van der Waals surface area contributed by atoms with Crippen LogP contribution in [0.2, 0.25) is 0 Å². The topological polar surface area (TPSA) is 51.2 Å². The number of amides is 1. The fourth-order valence-electron chi connectivity index (χ4n) is 4.68. The third kappa shape index (κ3) is 3.95. The normalized spacial score (nSPS) is 18.3. The van der Waals surface area contributed by atoms with Crippen molar-refractivity contribution in [1.82, 2.24) is 10.3 Å². The van der Waals surface area contributed by atoms with Crippen LogP contribution in [0.1, 0.15) is 66.1 Å². The molecule has 150 valence electrons. The van der Waals surface area contributed by atoms with Gasteiger partial charge in [-0.3, -0.25) is 4.79 Å². The van der Waals surface area contributed by atoms with Gasteiger partial charge in [-0.1, -0.05) is 31.4 Å². The summed E-state index contributed by atoms with van der Waals surface area (Å²) in [5.41, 5.74) is 2.03. The third-order valence-electron chi connectivity index (χ3n) is 6.30. The minimum absolute atomic E-state index is 0.179. The summed E-state index contributed by atoms with van der Waals surface area (Å²) in [6.07, 6.45) is 11.0. The summed E-state index contributed by atoms with van der Waals surface area (Å²) in [6, 6.07) is 8.08. The van der Waals surface area contributed by atoms with Crippen LogP contribution in [0.15, 0.2) is 24.3 Å². The fourth-order valence-corrected chi connectivity index (χ4v) is 5.83. The number of aryl methyl sites for hydroxylation is 2. The number of rotatable bonds is 6. The smallest absolute Gasteiger partial charge is 0.230 e. The summed E-state index contributed by atoms with van der Waals surface area (Å²) in [6.45, 7) is 0.670. The molecule has 1 N–H and O–H groups in total. The first-order valence-electron chi connectivity index (χ1n) is 10.6. The van der Waals surface area contributed by atoms with Crippen molar-refractivity contribution in [2.45, 2.75) is 69.6 Å². The Morgan fingerprint density at radius 2 is 1.86 bits per heavy atom. The van der Waals surface area contributed by atoms with E-state index in [2.05, 4.69) is 17.4 Å². The van der Waals surface area contributed by atoms with Gasteiger partial charge in [-0.05, 0) is 56.2 Å². The van der Waals surface area contributed by atoms with Gasteiger partial charge in [0.25, 0.3) is 0 Å². The van der Waals surface area contributed by atoms with E-state index in [1.165, 1.54) is 41.3 Å². The molecule has 0 bridgehead atoms. The van der Waals surface area contributed by atoms with Gasteiger partial charge in [-0.25, -0.2) is 4.98 Å². The van der Waals surface area contributed by atoms with Gasteiger partial charge in [0.1, 0.15) is 5.75 Å². The maximum absolute atomic E-state index is 13.3. The summed E-state index contributed by atoms with van der Waals surface area (Å²) < 4.78 is 5.29. The van der Waals surface area contributed by atoms with Crippen LogP contribution in [0.4, 0.5) is 0 Å². The van der Waals surface area contributed by atoms with Crippen LogP contribution in [-0.2, 0) is 29.5 Å². The van der Waals surface area contributed by atoms with E-state index >= 15 is 0 Å². The van der Waals surface area contributed by atoms with E-state index in [1.54, 1.807) is 7.11 Å². The molecule has 0 spiro atoms.